The van der Waals surface area contributed by atoms with Gasteiger partial charge in [0.1, 0.15) is 0 Å². The smallest absolute Gasteiger partial charge is 0.303 e. The first kappa shape index (κ1) is 17.8. The Morgan fingerprint density at radius 1 is 1.48 bits per heavy atom. The molecule has 2 heterocycles. The first-order valence-corrected chi connectivity index (χ1v) is 8.62. The average Bonchev–Trinajstić information content (AvgIpc) is 2.73. The Kier molecular flexibility index (Phi) is 5.04. The summed E-state index contributed by atoms with van der Waals surface area (Å²) in [5.41, 5.74) is -0.618. The van der Waals surface area contributed by atoms with Gasteiger partial charge >= 0.3 is 5.97 Å². The number of hydrogen-bond donors (Lipinski definition) is 1. The number of hydrogen-bond acceptors (Lipinski definition) is 4. The third-order valence-corrected chi connectivity index (χ3v) is 5.95. The van der Waals surface area contributed by atoms with E-state index in [1.54, 1.807) is 0 Å². The monoisotopic (exact) mass is 351 g/mol. The molecule has 7 nitrogen and oxygen atoms in total. The number of alkyl halides is 2. The SMILES string of the molecule is Cc1nn(C)c(S(=O)(=O)N2CCCC(CC(=O)O)C2)c1C(F)F. The van der Waals surface area contributed by atoms with E-state index >= 15 is 0 Å². The van der Waals surface area contributed by atoms with E-state index in [2.05, 4.69) is 5.10 Å². The number of rotatable bonds is 5. The van der Waals surface area contributed by atoms with E-state index in [0.29, 0.717) is 12.8 Å². The van der Waals surface area contributed by atoms with Crippen LogP contribution in [0.1, 0.15) is 36.9 Å². The van der Waals surface area contributed by atoms with Crippen LogP contribution >= 0.6 is 0 Å². The minimum atomic E-state index is -4.16. The number of carboxylic acids is 1. The number of carboxylic acid groups (broad SMARTS) is 1. The number of piperidine rings is 1. The van der Waals surface area contributed by atoms with Gasteiger partial charge in [0.05, 0.1) is 11.3 Å². The Labute approximate surface area is 132 Å². The first-order chi connectivity index (χ1) is 10.6. The van der Waals surface area contributed by atoms with Gasteiger partial charge in [0.15, 0.2) is 5.03 Å². The Hall–Kier alpha value is -1.55. The van der Waals surface area contributed by atoms with Crippen LogP contribution < -0.4 is 0 Å². The topological polar surface area (TPSA) is 92.5 Å². The molecule has 1 fully saturated rings. The van der Waals surface area contributed by atoms with Gasteiger partial charge < -0.3 is 5.11 Å². The Morgan fingerprint density at radius 3 is 2.70 bits per heavy atom. The van der Waals surface area contributed by atoms with Crippen LogP contribution in [0.2, 0.25) is 0 Å². The summed E-state index contributed by atoms with van der Waals surface area (Å²) >= 11 is 0. The summed E-state index contributed by atoms with van der Waals surface area (Å²) in [5, 5.41) is 12.1. The zero-order chi connectivity index (χ0) is 17.4. The molecule has 10 heteroatoms. The number of sulfonamides is 1. The molecule has 0 bridgehead atoms. The fraction of sp³-hybridized carbons (Fsp3) is 0.692. The molecule has 130 valence electrons. The van der Waals surface area contributed by atoms with Gasteiger partial charge in [-0.25, -0.2) is 17.2 Å². The minimum absolute atomic E-state index is 0.0154. The number of aryl methyl sites for hydroxylation is 2. The van der Waals surface area contributed by atoms with Crippen LogP contribution in [-0.2, 0) is 21.9 Å². The summed E-state index contributed by atoms with van der Waals surface area (Å²) in [6.07, 6.45) is -1.99. The van der Waals surface area contributed by atoms with Crippen molar-refractivity contribution >= 4 is 16.0 Å². The molecule has 1 unspecified atom stereocenters. The van der Waals surface area contributed by atoms with Gasteiger partial charge in [-0.3, -0.25) is 9.48 Å². The maximum Gasteiger partial charge on any atom is 0.303 e. The fourth-order valence-corrected chi connectivity index (χ4v) is 4.90. The zero-order valence-corrected chi connectivity index (χ0v) is 13.7. The van der Waals surface area contributed by atoms with E-state index < -0.39 is 33.0 Å². The van der Waals surface area contributed by atoms with Crippen molar-refractivity contribution in [3.63, 3.8) is 0 Å². The third-order valence-electron chi connectivity index (χ3n) is 3.96. The number of nitrogens with zero attached hydrogens (tertiary/aromatic N) is 3. The van der Waals surface area contributed by atoms with Gasteiger partial charge in [0, 0.05) is 26.6 Å². The second kappa shape index (κ2) is 6.52. The molecule has 1 aliphatic heterocycles. The van der Waals surface area contributed by atoms with Crippen LogP contribution in [0.4, 0.5) is 8.78 Å². The van der Waals surface area contributed by atoms with E-state index in [-0.39, 0.29) is 31.1 Å². The highest BCUT2D eigenvalue weighted by molar-refractivity contribution is 7.89. The fourth-order valence-electron chi connectivity index (χ4n) is 2.99. The van der Waals surface area contributed by atoms with Gasteiger partial charge in [-0.1, -0.05) is 0 Å². The minimum Gasteiger partial charge on any atom is -0.481 e. The van der Waals surface area contributed by atoms with Crippen molar-refractivity contribution in [2.45, 2.75) is 37.6 Å². The van der Waals surface area contributed by atoms with E-state index in [1.165, 1.54) is 14.0 Å². The molecular formula is C13H19F2N3O4S. The molecule has 0 saturated carbocycles. The van der Waals surface area contributed by atoms with Gasteiger partial charge in [0.25, 0.3) is 16.4 Å². The standard InChI is InChI=1S/C13H19F2N3O4S/c1-8-11(12(14)15)13(17(2)16-8)23(21,22)18-5-3-4-9(7-18)6-10(19)20/h9,12H,3-7H2,1-2H3,(H,19,20). The predicted octanol–water partition coefficient (Wildman–Crippen LogP) is 1.54. The molecule has 1 atom stereocenters. The Bertz CT molecular complexity index is 702. The van der Waals surface area contributed by atoms with Crippen molar-refractivity contribution < 1.29 is 27.1 Å². The summed E-state index contributed by atoms with van der Waals surface area (Å²) in [4.78, 5) is 10.8. The van der Waals surface area contributed by atoms with E-state index in [4.69, 9.17) is 5.11 Å². The molecular weight excluding hydrogens is 332 g/mol. The predicted molar refractivity (Wildman–Crippen MR) is 76.6 cm³/mol. The van der Waals surface area contributed by atoms with Gasteiger partial charge in [-0.05, 0) is 25.7 Å². The molecule has 1 N–H and O–H groups in total. The van der Waals surface area contributed by atoms with Crippen LogP contribution in [0.25, 0.3) is 0 Å². The summed E-state index contributed by atoms with van der Waals surface area (Å²) < 4.78 is 54.0. The average molecular weight is 351 g/mol. The molecule has 1 aromatic heterocycles. The molecule has 0 radical (unpaired) electrons. The van der Waals surface area contributed by atoms with Crippen LogP contribution in [0, 0.1) is 12.8 Å². The Morgan fingerprint density at radius 2 is 2.13 bits per heavy atom. The second-order valence-electron chi connectivity index (χ2n) is 5.70. The number of carbonyl (C=O) groups is 1. The van der Waals surface area contributed by atoms with Crippen molar-refractivity contribution in [2.75, 3.05) is 13.1 Å². The molecule has 0 aromatic carbocycles. The van der Waals surface area contributed by atoms with E-state index in [1.807, 2.05) is 0 Å². The summed E-state index contributed by atoms with van der Waals surface area (Å²) in [5.74, 6) is -1.32. The molecule has 1 saturated heterocycles. The lowest BCUT2D eigenvalue weighted by Crippen LogP contribution is -2.41. The highest BCUT2D eigenvalue weighted by Crippen LogP contribution is 2.33. The largest absolute Gasteiger partial charge is 0.481 e. The summed E-state index contributed by atoms with van der Waals surface area (Å²) in [6.45, 7) is 1.54. The van der Waals surface area contributed by atoms with E-state index in [0.717, 1.165) is 8.99 Å². The first-order valence-electron chi connectivity index (χ1n) is 7.18. The number of aliphatic carboxylic acids is 1. The molecule has 2 rings (SSSR count). The maximum absolute atomic E-state index is 13.2. The molecule has 1 aromatic rings. The van der Waals surface area contributed by atoms with Crippen molar-refractivity contribution in [2.24, 2.45) is 13.0 Å². The van der Waals surface area contributed by atoms with Crippen molar-refractivity contribution in [3.8, 4) is 0 Å². The van der Waals surface area contributed by atoms with Crippen molar-refractivity contribution in [3.05, 3.63) is 11.3 Å². The molecule has 0 amide bonds. The van der Waals surface area contributed by atoms with E-state index in [9.17, 15) is 22.0 Å². The van der Waals surface area contributed by atoms with Crippen LogP contribution in [-0.4, -0.2) is 46.7 Å². The molecule has 23 heavy (non-hydrogen) atoms. The lowest BCUT2D eigenvalue weighted by atomic mass is 9.96. The Balaban J connectivity index is 2.37. The van der Waals surface area contributed by atoms with Crippen LogP contribution in [0.15, 0.2) is 5.03 Å². The number of halogens is 2. The summed E-state index contributed by atoms with van der Waals surface area (Å²) in [7, 11) is -2.85. The lowest BCUT2D eigenvalue weighted by molar-refractivity contribution is -0.138. The lowest BCUT2D eigenvalue weighted by Gasteiger charge is -2.31. The zero-order valence-electron chi connectivity index (χ0n) is 12.9. The van der Waals surface area contributed by atoms with Gasteiger partial charge in [0.2, 0.25) is 0 Å². The third kappa shape index (κ3) is 3.52. The van der Waals surface area contributed by atoms with Gasteiger partial charge in [-0.2, -0.15) is 9.40 Å². The van der Waals surface area contributed by atoms with Crippen LogP contribution in [0.5, 0.6) is 0 Å². The molecule has 0 spiro atoms. The quantitative estimate of drug-likeness (QED) is 0.869. The normalized spacial score (nSPS) is 20.1. The molecule has 0 aliphatic carbocycles. The maximum atomic E-state index is 13.2. The van der Waals surface area contributed by atoms with Crippen molar-refractivity contribution in [1.29, 1.82) is 0 Å². The van der Waals surface area contributed by atoms with Crippen molar-refractivity contribution in [1.82, 2.24) is 14.1 Å². The van der Waals surface area contributed by atoms with Gasteiger partial charge in [-0.15, -0.1) is 0 Å². The number of aromatic nitrogens is 2. The summed E-state index contributed by atoms with van der Waals surface area (Å²) in [6, 6.07) is 0. The highest BCUT2D eigenvalue weighted by Gasteiger charge is 2.37. The second-order valence-corrected chi connectivity index (χ2v) is 7.55. The highest BCUT2D eigenvalue weighted by atomic mass is 32.2. The molecule has 1 aliphatic rings. The van der Waals surface area contributed by atoms with Crippen LogP contribution in [0.3, 0.4) is 0 Å².